The van der Waals surface area contributed by atoms with Crippen molar-refractivity contribution in [2.45, 2.75) is 0 Å². The Morgan fingerprint density at radius 3 is 1.77 bits per heavy atom. The van der Waals surface area contributed by atoms with E-state index in [4.69, 9.17) is 4.98 Å². The highest BCUT2D eigenvalue weighted by molar-refractivity contribution is 6.28. The number of nitrogens with zero attached hydrogens (tertiary/aromatic N) is 1. The van der Waals surface area contributed by atoms with Gasteiger partial charge in [-0.15, -0.1) is 0 Å². The molecule has 40 heavy (non-hydrogen) atoms. The van der Waals surface area contributed by atoms with Crippen LogP contribution in [-0.2, 0) is 0 Å². The maximum atomic E-state index is 5.04. The van der Waals surface area contributed by atoms with Crippen LogP contribution in [0.15, 0.2) is 140 Å². The Labute approximate surface area is 231 Å². The lowest BCUT2D eigenvalue weighted by Gasteiger charge is -2.18. The minimum atomic E-state index is 1.05. The van der Waals surface area contributed by atoms with Gasteiger partial charge in [-0.3, -0.25) is 4.98 Å². The average Bonchev–Trinajstić information content (AvgIpc) is 3.03. The van der Waals surface area contributed by atoms with E-state index >= 15 is 0 Å². The Morgan fingerprint density at radius 1 is 0.350 bits per heavy atom. The molecule has 1 heteroatoms. The fourth-order valence-electron chi connectivity index (χ4n) is 6.68. The summed E-state index contributed by atoms with van der Waals surface area (Å²) in [5, 5.41) is 13.9. The summed E-state index contributed by atoms with van der Waals surface area (Å²) in [5.74, 6) is 0. The second-order valence-corrected chi connectivity index (χ2v) is 10.8. The van der Waals surface area contributed by atoms with Crippen LogP contribution >= 0.6 is 0 Å². The second kappa shape index (κ2) is 8.11. The van der Waals surface area contributed by atoms with Gasteiger partial charge in [0, 0.05) is 22.5 Å². The van der Waals surface area contributed by atoms with E-state index in [1.54, 1.807) is 0 Å². The smallest absolute Gasteiger partial charge is 0.0780 e. The Balaban J connectivity index is 1.40. The highest BCUT2D eigenvalue weighted by atomic mass is 14.7. The molecule has 9 aromatic rings. The Hall–Kier alpha value is -5.27. The summed E-state index contributed by atoms with van der Waals surface area (Å²) in [6.45, 7) is 0. The van der Waals surface area contributed by atoms with Crippen molar-refractivity contribution >= 4 is 64.8 Å². The molecule has 1 heterocycles. The quantitative estimate of drug-likeness (QED) is 0.213. The van der Waals surface area contributed by atoms with Crippen molar-refractivity contribution in [1.82, 2.24) is 4.98 Å². The van der Waals surface area contributed by atoms with Crippen molar-refractivity contribution in [2.75, 3.05) is 0 Å². The van der Waals surface area contributed by atoms with E-state index in [2.05, 4.69) is 140 Å². The summed E-state index contributed by atoms with van der Waals surface area (Å²) in [6.07, 6.45) is 2.06. The van der Waals surface area contributed by atoms with Crippen molar-refractivity contribution in [3.05, 3.63) is 140 Å². The third-order valence-electron chi connectivity index (χ3n) is 8.59. The molecule has 0 spiro atoms. The van der Waals surface area contributed by atoms with Gasteiger partial charge in [-0.2, -0.15) is 0 Å². The molecule has 8 aromatic carbocycles. The van der Waals surface area contributed by atoms with E-state index in [0.717, 1.165) is 16.5 Å². The first-order valence-corrected chi connectivity index (χ1v) is 13.8. The van der Waals surface area contributed by atoms with E-state index in [-0.39, 0.29) is 0 Å². The molecule has 0 unspecified atom stereocenters. The largest absolute Gasteiger partial charge is 0.255 e. The molecular weight excluding hydrogens is 482 g/mol. The standard InChI is InChI=1S/C39H23N/c1-2-8-28-20-29(14-12-24(28)6-1)35-22-36(31-21-30-15-13-25-7-3-4-11-32(25)39(30)40-23-31)34-19-17-27-10-5-9-26-16-18-33(35)38(34)37(26)27/h1-23H. The summed E-state index contributed by atoms with van der Waals surface area (Å²) in [6, 6.07) is 48.8. The van der Waals surface area contributed by atoms with Gasteiger partial charge < -0.3 is 0 Å². The zero-order valence-electron chi connectivity index (χ0n) is 21.7. The van der Waals surface area contributed by atoms with Gasteiger partial charge in [0.25, 0.3) is 0 Å². The van der Waals surface area contributed by atoms with Crippen molar-refractivity contribution in [3.63, 3.8) is 0 Å². The number of fused-ring (bicyclic) bond motifs is 4. The predicted molar refractivity (Wildman–Crippen MR) is 171 cm³/mol. The predicted octanol–water partition coefficient (Wildman–Crippen LogP) is 10.8. The molecule has 0 aliphatic rings. The summed E-state index contributed by atoms with van der Waals surface area (Å²) < 4.78 is 0. The molecular formula is C39H23N. The Kier molecular flexibility index (Phi) is 4.39. The van der Waals surface area contributed by atoms with Gasteiger partial charge in [0.2, 0.25) is 0 Å². The molecule has 9 rings (SSSR count). The molecule has 0 amide bonds. The van der Waals surface area contributed by atoms with Crippen LogP contribution in [0.2, 0.25) is 0 Å². The molecule has 0 fully saturated rings. The fraction of sp³-hybridized carbons (Fsp3) is 0. The fourth-order valence-corrected chi connectivity index (χ4v) is 6.68. The number of benzene rings is 8. The monoisotopic (exact) mass is 505 g/mol. The minimum Gasteiger partial charge on any atom is -0.255 e. The Morgan fingerprint density at radius 2 is 0.950 bits per heavy atom. The topological polar surface area (TPSA) is 12.9 Å². The molecule has 1 nitrogen and oxygen atoms in total. The van der Waals surface area contributed by atoms with E-state index in [0.29, 0.717) is 0 Å². The molecule has 0 bridgehead atoms. The summed E-state index contributed by atoms with van der Waals surface area (Å²) in [5.41, 5.74) is 5.90. The van der Waals surface area contributed by atoms with Crippen LogP contribution in [0.3, 0.4) is 0 Å². The van der Waals surface area contributed by atoms with Crippen LogP contribution in [-0.4, -0.2) is 4.98 Å². The van der Waals surface area contributed by atoms with E-state index in [1.807, 2.05) is 0 Å². The SMILES string of the molecule is c1ccc2cc(-c3cc(-c4cnc5c(ccc6ccccc65)c4)c4ccc5cccc6ccc3c4c65)ccc2c1. The highest BCUT2D eigenvalue weighted by Crippen LogP contribution is 2.44. The molecule has 0 atom stereocenters. The van der Waals surface area contributed by atoms with Gasteiger partial charge in [0.15, 0.2) is 0 Å². The Bertz CT molecular complexity index is 2420. The number of aromatic nitrogens is 1. The molecule has 0 radical (unpaired) electrons. The third kappa shape index (κ3) is 3.06. The van der Waals surface area contributed by atoms with Crippen LogP contribution in [0.1, 0.15) is 0 Å². The zero-order chi connectivity index (χ0) is 26.2. The number of hydrogen-bond acceptors (Lipinski definition) is 1. The lowest BCUT2D eigenvalue weighted by Crippen LogP contribution is -1.92. The first-order chi connectivity index (χ1) is 19.8. The highest BCUT2D eigenvalue weighted by Gasteiger charge is 2.17. The lowest BCUT2D eigenvalue weighted by atomic mass is 9.85. The molecule has 184 valence electrons. The molecule has 0 N–H and O–H groups in total. The lowest BCUT2D eigenvalue weighted by molar-refractivity contribution is 1.43. The van der Waals surface area contributed by atoms with E-state index < -0.39 is 0 Å². The summed E-state index contributed by atoms with van der Waals surface area (Å²) in [7, 11) is 0. The van der Waals surface area contributed by atoms with Crippen LogP contribution in [0, 0.1) is 0 Å². The maximum absolute atomic E-state index is 5.04. The number of pyridine rings is 1. The first kappa shape index (κ1) is 21.6. The van der Waals surface area contributed by atoms with Crippen LogP contribution < -0.4 is 0 Å². The van der Waals surface area contributed by atoms with E-state index in [9.17, 15) is 0 Å². The van der Waals surface area contributed by atoms with Crippen molar-refractivity contribution in [2.24, 2.45) is 0 Å². The molecule has 0 aliphatic heterocycles. The van der Waals surface area contributed by atoms with Crippen LogP contribution in [0.25, 0.3) is 87.0 Å². The van der Waals surface area contributed by atoms with Gasteiger partial charge in [0.1, 0.15) is 0 Å². The first-order valence-electron chi connectivity index (χ1n) is 13.8. The van der Waals surface area contributed by atoms with Crippen LogP contribution in [0.4, 0.5) is 0 Å². The number of rotatable bonds is 2. The third-order valence-corrected chi connectivity index (χ3v) is 8.59. The molecule has 0 saturated carbocycles. The van der Waals surface area contributed by atoms with E-state index in [1.165, 1.54) is 70.6 Å². The molecule has 0 saturated heterocycles. The van der Waals surface area contributed by atoms with Gasteiger partial charge in [-0.1, -0.05) is 115 Å². The second-order valence-electron chi connectivity index (χ2n) is 10.8. The molecule has 1 aromatic heterocycles. The van der Waals surface area contributed by atoms with Crippen molar-refractivity contribution in [3.8, 4) is 22.3 Å². The van der Waals surface area contributed by atoms with Gasteiger partial charge >= 0.3 is 0 Å². The average molecular weight is 506 g/mol. The van der Waals surface area contributed by atoms with Gasteiger partial charge in [0.05, 0.1) is 5.52 Å². The summed E-state index contributed by atoms with van der Waals surface area (Å²) in [4.78, 5) is 5.04. The normalized spacial score (nSPS) is 12.0. The zero-order valence-corrected chi connectivity index (χ0v) is 21.7. The number of hydrogen-bond donors (Lipinski definition) is 0. The van der Waals surface area contributed by atoms with Gasteiger partial charge in [-0.25, -0.2) is 0 Å². The van der Waals surface area contributed by atoms with Crippen molar-refractivity contribution in [1.29, 1.82) is 0 Å². The van der Waals surface area contributed by atoms with Gasteiger partial charge in [-0.05, 0) is 83.4 Å². The summed E-state index contributed by atoms with van der Waals surface area (Å²) >= 11 is 0. The molecule has 0 aliphatic carbocycles. The maximum Gasteiger partial charge on any atom is 0.0780 e. The van der Waals surface area contributed by atoms with Crippen LogP contribution in [0.5, 0.6) is 0 Å². The van der Waals surface area contributed by atoms with Crippen molar-refractivity contribution < 1.29 is 0 Å². The minimum absolute atomic E-state index is 1.05.